The van der Waals surface area contributed by atoms with Crippen LogP contribution in [0.25, 0.3) is 0 Å². The number of hydrogen-bond donors (Lipinski definition) is 0. The van der Waals surface area contributed by atoms with Gasteiger partial charge in [0.15, 0.2) is 0 Å². The van der Waals surface area contributed by atoms with Gasteiger partial charge in [-0.25, -0.2) is 0 Å². The van der Waals surface area contributed by atoms with Gasteiger partial charge in [0.2, 0.25) is 6.41 Å². The minimum absolute atomic E-state index is 0.188. The molecule has 0 radical (unpaired) electrons. The van der Waals surface area contributed by atoms with Crippen LogP contribution in [0.3, 0.4) is 0 Å². The van der Waals surface area contributed by atoms with E-state index < -0.39 is 0 Å². The predicted molar refractivity (Wildman–Crippen MR) is 51.4 cm³/mol. The van der Waals surface area contributed by atoms with Gasteiger partial charge in [-0.15, -0.1) is 0 Å². The Morgan fingerprint density at radius 2 is 2.23 bits per heavy atom. The van der Waals surface area contributed by atoms with Crippen molar-refractivity contribution in [2.45, 2.75) is 38.8 Å². The van der Waals surface area contributed by atoms with E-state index in [0.29, 0.717) is 12.0 Å². The zero-order valence-electron chi connectivity index (χ0n) is 8.69. The Morgan fingerprint density at radius 3 is 2.69 bits per heavy atom. The fourth-order valence-corrected chi connectivity index (χ4v) is 2.17. The molecular formula is C10H19NO2. The topological polar surface area (TPSA) is 29.5 Å². The zero-order valence-corrected chi connectivity index (χ0v) is 8.69. The van der Waals surface area contributed by atoms with Gasteiger partial charge in [-0.3, -0.25) is 4.79 Å². The van der Waals surface area contributed by atoms with Gasteiger partial charge in [-0.05, 0) is 18.8 Å². The predicted octanol–water partition coefficient (Wildman–Crippen LogP) is 1.28. The molecule has 1 aliphatic heterocycles. The van der Waals surface area contributed by atoms with Crippen LogP contribution in [0, 0.1) is 5.92 Å². The number of nitrogens with zero attached hydrogens (tertiary/aromatic N) is 1. The number of amides is 1. The van der Waals surface area contributed by atoms with Crippen molar-refractivity contribution in [2.75, 3.05) is 13.7 Å². The van der Waals surface area contributed by atoms with Gasteiger partial charge in [0.25, 0.3) is 0 Å². The van der Waals surface area contributed by atoms with E-state index in [4.69, 9.17) is 4.74 Å². The molecule has 76 valence electrons. The first-order valence-electron chi connectivity index (χ1n) is 4.94. The lowest BCUT2D eigenvalue weighted by Crippen LogP contribution is -2.42. The first-order valence-corrected chi connectivity index (χ1v) is 4.94. The number of ether oxygens (including phenoxy) is 1. The first-order chi connectivity index (χ1) is 6.20. The monoisotopic (exact) mass is 185 g/mol. The van der Waals surface area contributed by atoms with Gasteiger partial charge in [0.1, 0.15) is 0 Å². The van der Waals surface area contributed by atoms with Gasteiger partial charge in [-0.1, -0.05) is 13.8 Å². The summed E-state index contributed by atoms with van der Waals surface area (Å²) >= 11 is 0. The number of methoxy groups -OCH3 is 1. The van der Waals surface area contributed by atoms with Crippen molar-refractivity contribution < 1.29 is 9.53 Å². The van der Waals surface area contributed by atoms with Crippen LogP contribution in [-0.4, -0.2) is 37.1 Å². The van der Waals surface area contributed by atoms with Crippen LogP contribution >= 0.6 is 0 Å². The van der Waals surface area contributed by atoms with E-state index in [9.17, 15) is 4.79 Å². The van der Waals surface area contributed by atoms with E-state index in [-0.39, 0.29) is 6.10 Å². The molecule has 0 N–H and O–H groups in total. The van der Waals surface area contributed by atoms with E-state index in [1.807, 2.05) is 4.90 Å². The summed E-state index contributed by atoms with van der Waals surface area (Å²) in [4.78, 5) is 12.6. The molecule has 0 bridgehead atoms. The van der Waals surface area contributed by atoms with Crippen LogP contribution in [0.1, 0.15) is 26.7 Å². The molecule has 0 saturated carbocycles. The van der Waals surface area contributed by atoms with Crippen molar-refractivity contribution in [2.24, 2.45) is 5.92 Å². The second kappa shape index (κ2) is 4.61. The lowest BCUT2D eigenvalue weighted by Gasteiger charge is -2.30. The normalized spacial score (nSPS) is 25.2. The highest BCUT2D eigenvalue weighted by atomic mass is 16.5. The smallest absolute Gasteiger partial charge is 0.210 e. The molecule has 1 fully saturated rings. The van der Waals surface area contributed by atoms with Gasteiger partial charge >= 0.3 is 0 Å². The molecule has 0 aromatic carbocycles. The molecule has 2 unspecified atom stereocenters. The molecule has 1 aliphatic rings. The second-order valence-electron chi connectivity index (χ2n) is 4.00. The molecule has 13 heavy (non-hydrogen) atoms. The standard InChI is InChI=1S/C10H19NO2/c1-8(2)10(13-3)9-5-4-6-11(9)7-12/h7-10H,4-6H2,1-3H3. The molecule has 1 amide bonds. The van der Waals surface area contributed by atoms with E-state index in [2.05, 4.69) is 13.8 Å². The van der Waals surface area contributed by atoms with Crippen LogP contribution in [-0.2, 0) is 9.53 Å². The summed E-state index contributed by atoms with van der Waals surface area (Å²) in [5, 5.41) is 0. The van der Waals surface area contributed by atoms with Gasteiger partial charge in [-0.2, -0.15) is 0 Å². The van der Waals surface area contributed by atoms with Crippen molar-refractivity contribution in [3.05, 3.63) is 0 Å². The number of carbonyl (C=O) groups excluding carboxylic acids is 1. The zero-order chi connectivity index (χ0) is 9.84. The van der Waals surface area contributed by atoms with Gasteiger partial charge in [0, 0.05) is 13.7 Å². The van der Waals surface area contributed by atoms with Gasteiger partial charge < -0.3 is 9.64 Å². The molecule has 1 heterocycles. The van der Waals surface area contributed by atoms with Crippen LogP contribution in [0.4, 0.5) is 0 Å². The molecule has 0 aliphatic carbocycles. The van der Waals surface area contributed by atoms with Crippen LogP contribution in [0.5, 0.6) is 0 Å². The van der Waals surface area contributed by atoms with Crippen LogP contribution in [0.15, 0.2) is 0 Å². The molecule has 2 atom stereocenters. The highest BCUT2D eigenvalue weighted by molar-refractivity contribution is 5.48. The summed E-state index contributed by atoms with van der Waals surface area (Å²) < 4.78 is 5.43. The SMILES string of the molecule is COC(C(C)C)C1CCCN1C=O. The van der Waals surface area contributed by atoms with Crippen molar-refractivity contribution >= 4 is 6.41 Å². The summed E-state index contributed by atoms with van der Waals surface area (Å²) in [5.41, 5.74) is 0. The average Bonchev–Trinajstić information content (AvgIpc) is 2.53. The Kier molecular flexibility index (Phi) is 3.72. The maximum absolute atomic E-state index is 10.7. The molecule has 1 saturated heterocycles. The summed E-state index contributed by atoms with van der Waals surface area (Å²) in [7, 11) is 1.73. The Morgan fingerprint density at radius 1 is 1.54 bits per heavy atom. The highest BCUT2D eigenvalue weighted by Gasteiger charge is 2.32. The quantitative estimate of drug-likeness (QED) is 0.617. The van der Waals surface area contributed by atoms with Crippen LogP contribution < -0.4 is 0 Å². The maximum Gasteiger partial charge on any atom is 0.210 e. The third kappa shape index (κ3) is 2.21. The number of likely N-dealkylation sites (tertiary alicyclic amines) is 1. The fraction of sp³-hybridized carbons (Fsp3) is 0.900. The van der Waals surface area contributed by atoms with E-state index in [1.54, 1.807) is 7.11 Å². The number of carbonyl (C=O) groups is 1. The average molecular weight is 185 g/mol. The Bertz CT molecular complexity index is 170. The molecular weight excluding hydrogens is 166 g/mol. The Balaban J connectivity index is 2.61. The third-order valence-corrected chi connectivity index (χ3v) is 2.79. The summed E-state index contributed by atoms with van der Waals surface area (Å²) in [6.45, 7) is 5.16. The van der Waals surface area contributed by atoms with Crippen LogP contribution in [0.2, 0.25) is 0 Å². The maximum atomic E-state index is 10.7. The molecule has 3 heteroatoms. The second-order valence-corrected chi connectivity index (χ2v) is 4.00. The Hall–Kier alpha value is -0.570. The first kappa shape index (κ1) is 10.5. The largest absolute Gasteiger partial charge is 0.379 e. The van der Waals surface area contributed by atoms with E-state index >= 15 is 0 Å². The molecule has 1 rings (SSSR count). The third-order valence-electron chi connectivity index (χ3n) is 2.79. The number of rotatable bonds is 4. The number of hydrogen-bond acceptors (Lipinski definition) is 2. The molecule has 0 aromatic heterocycles. The van der Waals surface area contributed by atoms with E-state index in [1.165, 1.54) is 0 Å². The summed E-state index contributed by atoms with van der Waals surface area (Å²) in [6, 6.07) is 0.294. The van der Waals surface area contributed by atoms with Crippen molar-refractivity contribution in [1.82, 2.24) is 4.90 Å². The summed E-state index contributed by atoms with van der Waals surface area (Å²) in [6.07, 6.45) is 3.32. The Labute approximate surface area is 80.1 Å². The van der Waals surface area contributed by atoms with Crippen molar-refractivity contribution in [3.63, 3.8) is 0 Å². The highest BCUT2D eigenvalue weighted by Crippen LogP contribution is 2.24. The fourth-order valence-electron chi connectivity index (χ4n) is 2.17. The summed E-state index contributed by atoms with van der Waals surface area (Å²) in [5.74, 6) is 0.468. The lowest BCUT2D eigenvalue weighted by molar-refractivity contribution is -0.122. The minimum atomic E-state index is 0.188. The van der Waals surface area contributed by atoms with Crippen molar-refractivity contribution in [1.29, 1.82) is 0 Å². The molecule has 0 aromatic rings. The van der Waals surface area contributed by atoms with E-state index in [0.717, 1.165) is 25.8 Å². The molecule has 3 nitrogen and oxygen atoms in total. The lowest BCUT2D eigenvalue weighted by atomic mass is 9.98. The molecule has 0 spiro atoms. The van der Waals surface area contributed by atoms with Gasteiger partial charge in [0.05, 0.1) is 12.1 Å². The minimum Gasteiger partial charge on any atom is -0.379 e. The van der Waals surface area contributed by atoms with Crippen molar-refractivity contribution in [3.8, 4) is 0 Å².